The summed E-state index contributed by atoms with van der Waals surface area (Å²) in [5.41, 5.74) is 0. The first-order valence-electron chi connectivity index (χ1n) is 6.29. The maximum atomic E-state index is 11.9. The topological polar surface area (TPSA) is 12.0 Å². The van der Waals surface area contributed by atoms with Crippen molar-refractivity contribution in [1.29, 1.82) is 0 Å². The molecule has 1 nitrogen and oxygen atoms in total. The van der Waals surface area contributed by atoms with Gasteiger partial charge in [0.1, 0.15) is 0 Å². The van der Waals surface area contributed by atoms with Crippen LogP contribution in [0.25, 0.3) is 0 Å². The molecule has 0 saturated heterocycles. The number of halogens is 3. The van der Waals surface area contributed by atoms with E-state index in [0.29, 0.717) is 19.0 Å². The van der Waals surface area contributed by atoms with Gasteiger partial charge >= 0.3 is 6.18 Å². The Kier molecular flexibility index (Phi) is 8.71. The van der Waals surface area contributed by atoms with Gasteiger partial charge in [-0.15, -0.1) is 0 Å². The molecule has 98 valence electrons. The number of unbranched alkanes of at least 4 members (excludes halogenated alkanes) is 2. The largest absolute Gasteiger partial charge is 0.389 e. The molecule has 0 aliphatic rings. The van der Waals surface area contributed by atoms with Gasteiger partial charge in [-0.05, 0) is 32.2 Å². The van der Waals surface area contributed by atoms with Gasteiger partial charge in [0.15, 0.2) is 0 Å². The molecule has 16 heavy (non-hydrogen) atoms. The van der Waals surface area contributed by atoms with Crippen molar-refractivity contribution in [3.8, 4) is 0 Å². The number of rotatable bonds is 9. The summed E-state index contributed by atoms with van der Waals surface area (Å²) in [6.45, 7) is 4.97. The molecule has 1 unspecified atom stereocenters. The smallest absolute Gasteiger partial charge is 0.314 e. The molecule has 0 radical (unpaired) electrons. The molecule has 0 spiro atoms. The summed E-state index contributed by atoms with van der Waals surface area (Å²) in [6, 6.07) is 0.478. The van der Waals surface area contributed by atoms with E-state index in [1.165, 1.54) is 12.8 Å². The summed E-state index contributed by atoms with van der Waals surface area (Å²) < 4.78 is 35.6. The van der Waals surface area contributed by atoms with E-state index in [-0.39, 0.29) is 6.42 Å². The highest BCUT2D eigenvalue weighted by Crippen LogP contribution is 2.21. The third-order valence-corrected chi connectivity index (χ3v) is 2.72. The number of hydrogen-bond acceptors (Lipinski definition) is 1. The van der Waals surface area contributed by atoms with Crippen LogP contribution in [0.4, 0.5) is 13.2 Å². The van der Waals surface area contributed by atoms with Gasteiger partial charge in [-0.2, -0.15) is 13.2 Å². The molecule has 0 amide bonds. The van der Waals surface area contributed by atoms with Crippen LogP contribution >= 0.6 is 0 Å². The van der Waals surface area contributed by atoms with Gasteiger partial charge in [0.2, 0.25) is 0 Å². The summed E-state index contributed by atoms with van der Waals surface area (Å²) in [5, 5.41) is 3.32. The number of alkyl halides is 3. The molecule has 4 heteroatoms. The lowest BCUT2D eigenvalue weighted by Gasteiger charge is -2.16. The van der Waals surface area contributed by atoms with E-state index in [1.807, 2.05) is 0 Å². The average Bonchev–Trinajstić information content (AvgIpc) is 2.20. The average molecular weight is 239 g/mol. The quantitative estimate of drug-likeness (QED) is 0.592. The summed E-state index contributed by atoms with van der Waals surface area (Å²) >= 11 is 0. The molecule has 0 rings (SSSR count). The summed E-state index contributed by atoms with van der Waals surface area (Å²) in [4.78, 5) is 0. The van der Waals surface area contributed by atoms with Gasteiger partial charge in [0, 0.05) is 12.5 Å². The Labute approximate surface area is 96.8 Å². The first kappa shape index (κ1) is 15.8. The van der Waals surface area contributed by atoms with E-state index in [0.717, 1.165) is 12.8 Å². The Bertz CT molecular complexity index is 157. The molecular formula is C12H24F3N. The first-order valence-corrected chi connectivity index (χ1v) is 6.29. The van der Waals surface area contributed by atoms with Crippen molar-refractivity contribution in [3.63, 3.8) is 0 Å². The van der Waals surface area contributed by atoms with Gasteiger partial charge in [-0.1, -0.05) is 26.7 Å². The molecule has 0 heterocycles. The van der Waals surface area contributed by atoms with Gasteiger partial charge in [-0.3, -0.25) is 0 Å². The maximum absolute atomic E-state index is 11.9. The predicted molar refractivity (Wildman–Crippen MR) is 61.5 cm³/mol. The zero-order valence-electron chi connectivity index (χ0n) is 10.4. The fourth-order valence-electron chi connectivity index (χ4n) is 1.66. The van der Waals surface area contributed by atoms with Crippen LogP contribution in [0.1, 0.15) is 58.8 Å². The third-order valence-electron chi connectivity index (χ3n) is 2.72. The Morgan fingerprint density at radius 2 is 1.75 bits per heavy atom. The molecule has 0 saturated carbocycles. The van der Waals surface area contributed by atoms with Gasteiger partial charge in [0.25, 0.3) is 0 Å². The minimum Gasteiger partial charge on any atom is -0.314 e. The van der Waals surface area contributed by atoms with Crippen molar-refractivity contribution in [2.45, 2.75) is 71.0 Å². The summed E-state index contributed by atoms with van der Waals surface area (Å²) in [6.07, 6.45) is 0.751. The van der Waals surface area contributed by atoms with Crippen molar-refractivity contribution in [2.24, 2.45) is 0 Å². The van der Waals surface area contributed by atoms with E-state index < -0.39 is 12.6 Å². The van der Waals surface area contributed by atoms with Crippen LogP contribution in [-0.4, -0.2) is 18.8 Å². The van der Waals surface area contributed by atoms with Crippen molar-refractivity contribution >= 4 is 0 Å². The lowest BCUT2D eigenvalue weighted by Crippen LogP contribution is -2.29. The summed E-state index contributed by atoms with van der Waals surface area (Å²) in [7, 11) is 0. The fourth-order valence-corrected chi connectivity index (χ4v) is 1.66. The molecule has 0 aliphatic carbocycles. The highest BCUT2D eigenvalue weighted by atomic mass is 19.4. The van der Waals surface area contributed by atoms with E-state index in [4.69, 9.17) is 0 Å². The van der Waals surface area contributed by atoms with Crippen LogP contribution in [-0.2, 0) is 0 Å². The Hall–Kier alpha value is -0.250. The Balaban J connectivity index is 3.41. The standard InChI is InChI=1S/C12H24F3N/c1-3-5-8-11(4-2)16-10-7-6-9-12(13,14)15/h11,16H,3-10H2,1-2H3. The molecule has 0 aromatic heterocycles. The minimum absolute atomic E-state index is 0.237. The first-order chi connectivity index (χ1) is 7.49. The maximum Gasteiger partial charge on any atom is 0.389 e. The highest BCUT2D eigenvalue weighted by molar-refractivity contribution is 4.64. The Morgan fingerprint density at radius 3 is 2.25 bits per heavy atom. The predicted octanol–water partition coefficient (Wildman–Crippen LogP) is 4.28. The third kappa shape index (κ3) is 10.3. The van der Waals surface area contributed by atoms with Gasteiger partial charge < -0.3 is 5.32 Å². The van der Waals surface area contributed by atoms with Crippen molar-refractivity contribution < 1.29 is 13.2 Å². The van der Waals surface area contributed by atoms with E-state index in [9.17, 15) is 13.2 Å². The molecule has 1 atom stereocenters. The Morgan fingerprint density at radius 1 is 1.06 bits per heavy atom. The molecule has 0 aromatic rings. The van der Waals surface area contributed by atoms with Crippen LogP contribution in [0.3, 0.4) is 0 Å². The van der Waals surface area contributed by atoms with Crippen molar-refractivity contribution in [3.05, 3.63) is 0 Å². The van der Waals surface area contributed by atoms with E-state index >= 15 is 0 Å². The molecule has 0 aliphatic heterocycles. The minimum atomic E-state index is -3.99. The van der Waals surface area contributed by atoms with Crippen molar-refractivity contribution in [2.75, 3.05) is 6.54 Å². The van der Waals surface area contributed by atoms with Crippen LogP contribution in [0.2, 0.25) is 0 Å². The van der Waals surface area contributed by atoms with E-state index in [1.54, 1.807) is 0 Å². The van der Waals surface area contributed by atoms with E-state index in [2.05, 4.69) is 19.2 Å². The SMILES string of the molecule is CCCCC(CC)NCCCCC(F)(F)F. The summed E-state index contributed by atoms with van der Waals surface area (Å²) in [5.74, 6) is 0. The zero-order chi connectivity index (χ0) is 12.4. The number of hydrogen-bond donors (Lipinski definition) is 1. The molecular weight excluding hydrogens is 215 g/mol. The monoisotopic (exact) mass is 239 g/mol. The van der Waals surface area contributed by atoms with Crippen molar-refractivity contribution in [1.82, 2.24) is 5.32 Å². The zero-order valence-corrected chi connectivity index (χ0v) is 10.4. The molecule has 0 fully saturated rings. The second-order valence-corrected chi connectivity index (χ2v) is 4.27. The normalized spacial score (nSPS) is 14.1. The van der Waals surface area contributed by atoms with Crippen LogP contribution in [0, 0.1) is 0 Å². The second-order valence-electron chi connectivity index (χ2n) is 4.27. The molecule has 0 aromatic carbocycles. The van der Waals surface area contributed by atoms with Gasteiger partial charge in [-0.25, -0.2) is 0 Å². The van der Waals surface area contributed by atoms with Crippen LogP contribution in [0.15, 0.2) is 0 Å². The lowest BCUT2D eigenvalue weighted by molar-refractivity contribution is -0.135. The fraction of sp³-hybridized carbons (Fsp3) is 1.00. The highest BCUT2D eigenvalue weighted by Gasteiger charge is 2.25. The number of nitrogens with one attached hydrogen (secondary N) is 1. The second kappa shape index (κ2) is 8.85. The van der Waals surface area contributed by atoms with Crippen LogP contribution in [0.5, 0.6) is 0 Å². The molecule has 1 N–H and O–H groups in total. The van der Waals surface area contributed by atoms with Crippen LogP contribution < -0.4 is 5.32 Å². The molecule has 0 bridgehead atoms. The van der Waals surface area contributed by atoms with Gasteiger partial charge in [0.05, 0.1) is 0 Å². The lowest BCUT2D eigenvalue weighted by atomic mass is 10.1.